The Labute approximate surface area is 126 Å². The van der Waals surface area contributed by atoms with Crippen molar-refractivity contribution >= 4 is 23.4 Å². The van der Waals surface area contributed by atoms with E-state index in [4.69, 9.17) is 10.5 Å². The molecular formula is C14H18F2N2O2S. The second-order valence-electron chi connectivity index (χ2n) is 4.93. The molecule has 1 aliphatic heterocycles. The molecule has 0 spiro atoms. The third-order valence-electron chi connectivity index (χ3n) is 3.67. The predicted molar refractivity (Wildman–Crippen MR) is 78.5 cm³/mol. The first-order chi connectivity index (χ1) is 10.1. The number of nitrogens with two attached hydrogens (primary N) is 1. The summed E-state index contributed by atoms with van der Waals surface area (Å²) in [5.41, 5.74) is 5.49. The van der Waals surface area contributed by atoms with Crippen LogP contribution in [0.1, 0.15) is 12.8 Å². The highest BCUT2D eigenvalue weighted by Crippen LogP contribution is 2.35. The summed E-state index contributed by atoms with van der Waals surface area (Å²) in [6.07, 6.45) is 1.08. The fourth-order valence-electron chi connectivity index (χ4n) is 2.31. The fourth-order valence-corrected chi connectivity index (χ4v) is 2.90. The number of thioether (sulfide) groups is 1. The second kappa shape index (κ2) is 7.20. The summed E-state index contributed by atoms with van der Waals surface area (Å²) >= 11 is 0.416. The van der Waals surface area contributed by atoms with Crippen LogP contribution in [0.3, 0.4) is 0 Å². The quantitative estimate of drug-likeness (QED) is 0.820. The van der Waals surface area contributed by atoms with Crippen LogP contribution in [0.2, 0.25) is 0 Å². The number of para-hydroxylation sites is 1. The lowest BCUT2D eigenvalue weighted by molar-refractivity contribution is -0.130. The van der Waals surface area contributed by atoms with Gasteiger partial charge < -0.3 is 15.8 Å². The van der Waals surface area contributed by atoms with Crippen molar-refractivity contribution in [1.29, 1.82) is 0 Å². The minimum absolute atomic E-state index is 0.215. The normalized spacial score (nSPS) is 17.7. The van der Waals surface area contributed by atoms with E-state index in [1.165, 1.54) is 0 Å². The van der Waals surface area contributed by atoms with E-state index in [0.717, 1.165) is 0 Å². The molecule has 1 aliphatic rings. The lowest BCUT2D eigenvalue weighted by Crippen LogP contribution is -2.46. The largest absolute Gasteiger partial charge is 0.381 e. The average molecular weight is 316 g/mol. The van der Waals surface area contributed by atoms with Gasteiger partial charge in [0.25, 0.3) is 5.76 Å². The third kappa shape index (κ3) is 3.93. The maximum Gasteiger partial charge on any atom is 0.288 e. The first kappa shape index (κ1) is 16.2. The summed E-state index contributed by atoms with van der Waals surface area (Å²) in [5.74, 6) is -2.76. The van der Waals surface area contributed by atoms with Crippen molar-refractivity contribution in [3.63, 3.8) is 0 Å². The van der Waals surface area contributed by atoms with Gasteiger partial charge in [0.1, 0.15) is 0 Å². The van der Waals surface area contributed by atoms with Crippen LogP contribution >= 0.6 is 11.8 Å². The highest BCUT2D eigenvalue weighted by atomic mass is 32.2. The average Bonchev–Trinajstić information content (AvgIpc) is 2.49. The zero-order chi connectivity index (χ0) is 15.3. The van der Waals surface area contributed by atoms with Crippen molar-refractivity contribution in [2.75, 3.05) is 25.1 Å². The Morgan fingerprint density at radius 1 is 1.38 bits per heavy atom. The molecule has 116 valence electrons. The number of carbonyl (C=O) groups is 1. The Kier molecular flexibility index (Phi) is 5.55. The molecule has 1 amide bonds. The van der Waals surface area contributed by atoms with E-state index in [1.54, 1.807) is 24.3 Å². The fraction of sp³-hybridized carbons (Fsp3) is 0.500. The van der Waals surface area contributed by atoms with E-state index < -0.39 is 11.2 Å². The SMILES string of the molecule is NCC1(C(=O)Nc2ccccc2SC(F)F)CCOCC1. The molecule has 1 saturated heterocycles. The van der Waals surface area contributed by atoms with E-state index in [0.29, 0.717) is 48.4 Å². The van der Waals surface area contributed by atoms with Gasteiger partial charge in [0.15, 0.2) is 0 Å². The van der Waals surface area contributed by atoms with Crippen molar-refractivity contribution in [2.24, 2.45) is 11.1 Å². The second-order valence-corrected chi connectivity index (χ2v) is 5.96. The van der Waals surface area contributed by atoms with Crippen LogP contribution in [-0.4, -0.2) is 31.4 Å². The smallest absolute Gasteiger partial charge is 0.288 e. The molecule has 0 aromatic heterocycles. The molecule has 0 bridgehead atoms. The maximum atomic E-state index is 12.5. The summed E-state index contributed by atoms with van der Waals surface area (Å²) in [6.45, 7) is 1.18. The van der Waals surface area contributed by atoms with Gasteiger partial charge in [0, 0.05) is 24.7 Å². The van der Waals surface area contributed by atoms with Crippen molar-refractivity contribution in [2.45, 2.75) is 23.5 Å². The van der Waals surface area contributed by atoms with E-state index in [2.05, 4.69) is 5.32 Å². The van der Waals surface area contributed by atoms with E-state index in [-0.39, 0.29) is 12.5 Å². The Bertz CT molecular complexity index is 494. The van der Waals surface area contributed by atoms with Crippen LogP contribution in [0, 0.1) is 5.41 Å². The molecule has 1 aromatic rings. The molecule has 0 atom stereocenters. The van der Waals surface area contributed by atoms with Crippen LogP contribution in [0.5, 0.6) is 0 Å². The van der Waals surface area contributed by atoms with Gasteiger partial charge >= 0.3 is 0 Å². The third-order valence-corrected chi connectivity index (χ3v) is 4.46. The number of hydrogen-bond acceptors (Lipinski definition) is 4. The lowest BCUT2D eigenvalue weighted by Gasteiger charge is -2.34. The van der Waals surface area contributed by atoms with Gasteiger partial charge in [-0.1, -0.05) is 23.9 Å². The predicted octanol–water partition coefficient (Wildman–Crippen LogP) is 2.70. The van der Waals surface area contributed by atoms with Crippen molar-refractivity contribution in [3.8, 4) is 0 Å². The minimum Gasteiger partial charge on any atom is -0.381 e. The van der Waals surface area contributed by atoms with Gasteiger partial charge in [-0.2, -0.15) is 8.78 Å². The lowest BCUT2D eigenvalue weighted by atomic mass is 9.79. The topological polar surface area (TPSA) is 64.4 Å². The first-order valence-corrected chi connectivity index (χ1v) is 7.58. The summed E-state index contributed by atoms with van der Waals surface area (Å²) in [4.78, 5) is 12.9. The van der Waals surface area contributed by atoms with E-state index in [9.17, 15) is 13.6 Å². The molecule has 21 heavy (non-hydrogen) atoms. The summed E-state index contributed by atoms with van der Waals surface area (Å²) < 4.78 is 30.4. The molecule has 1 aromatic carbocycles. The molecule has 0 aliphatic carbocycles. The number of nitrogens with one attached hydrogen (secondary N) is 1. The molecule has 4 nitrogen and oxygen atoms in total. The summed E-state index contributed by atoms with van der Waals surface area (Å²) in [7, 11) is 0. The number of hydrogen-bond donors (Lipinski definition) is 2. The van der Waals surface area contributed by atoms with E-state index >= 15 is 0 Å². The van der Waals surface area contributed by atoms with Gasteiger partial charge in [-0.3, -0.25) is 4.79 Å². The Hall–Kier alpha value is -1.18. The van der Waals surface area contributed by atoms with E-state index in [1.807, 2.05) is 0 Å². The molecule has 3 N–H and O–H groups in total. The van der Waals surface area contributed by atoms with Gasteiger partial charge in [0.2, 0.25) is 5.91 Å². The number of rotatable bonds is 5. The number of alkyl halides is 2. The van der Waals surface area contributed by atoms with Crippen molar-refractivity contribution in [1.82, 2.24) is 0 Å². The number of halogens is 2. The number of carbonyl (C=O) groups excluding carboxylic acids is 1. The number of ether oxygens (including phenoxy) is 1. The summed E-state index contributed by atoms with van der Waals surface area (Å²) in [5, 5.41) is 2.75. The summed E-state index contributed by atoms with van der Waals surface area (Å²) in [6, 6.07) is 6.54. The molecule has 1 fully saturated rings. The molecule has 0 saturated carbocycles. The Balaban J connectivity index is 2.15. The zero-order valence-electron chi connectivity index (χ0n) is 11.5. The number of benzene rings is 1. The molecular weight excluding hydrogens is 298 g/mol. The van der Waals surface area contributed by atoms with Gasteiger partial charge in [-0.15, -0.1) is 0 Å². The minimum atomic E-state index is -2.53. The monoisotopic (exact) mass is 316 g/mol. The van der Waals surface area contributed by atoms with Gasteiger partial charge in [0.05, 0.1) is 11.1 Å². The molecule has 1 heterocycles. The van der Waals surface area contributed by atoms with Crippen LogP contribution < -0.4 is 11.1 Å². The molecule has 2 rings (SSSR count). The van der Waals surface area contributed by atoms with Crippen LogP contribution in [0.25, 0.3) is 0 Å². The van der Waals surface area contributed by atoms with Gasteiger partial charge in [-0.25, -0.2) is 0 Å². The number of anilines is 1. The molecule has 0 unspecified atom stereocenters. The standard InChI is InChI=1S/C14H18F2N2O2S/c15-13(16)21-11-4-2-1-3-10(11)18-12(19)14(9-17)5-7-20-8-6-14/h1-4,13H,5-9,17H2,(H,18,19). The van der Waals surface area contributed by atoms with Gasteiger partial charge in [-0.05, 0) is 25.0 Å². The maximum absolute atomic E-state index is 12.5. The highest BCUT2D eigenvalue weighted by molar-refractivity contribution is 7.99. The van der Waals surface area contributed by atoms with Crippen molar-refractivity contribution < 1.29 is 18.3 Å². The highest BCUT2D eigenvalue weighted by Gasteiger charge is 2.39. The van der Waals surface area contributed by atoms with Crippen LogP contribution in [0.4, 0.5) is 14.5 Å². The first-order valence-electron chi connectivity index (χ1n) is 6.70. The Morgan fingerprint density at radius 2 is 2.05 bits per heavy atom. The Morgan fingerprint density at radius 3 is 2.67 bits per heavy atom. The zero-order valence-corrected chi connectivity index (χ0v) is 12.3. The van der Waals surface area contributed by atoms with Crippen molar-refractivity contribution in [3.05, 3.63) is 24.3 Å². The van der Waals surface area contributed by atoms with Crippen LogP contribution in [0.15, 0.2) is 29.2 Å². The molecule has 7 heteroatoms. The van der Waals surface area contributed by atoms with Crippen LogP contribution in [-0.2, 0) is 9.53 Å². The molecule has 0 radical (unpaired) electrons. The number of amides is 1.